The minimum absolute atomic E-state index is 0.0675. The van der Waals surface area contributed by atoms with E-state index in [2.05, 4.69) is 0 Å². The Bertz CT molecular complexity index is 441. The summed E-state index contributed by atoms with van der Waals surface area (Å²) in [5, 5.41) is 8.91. The van der Waals surface area contributed by atoms with Gasteiger partial charge in [-0.15, -0.1) is 0 Å². The Morgan fingerprint density at radius 1 is 1.56 bits per heavy atom. The summed E-state index contributed by atoms with van der Waals surface area (Å²) in [7, 11) is 0. The molecule has 1 atom stereocenters. The maximum Gasteiger partial charge on any atom is 0.303 e. The first kappa shape index (κ1) is 12.9. The zero-order chi connectivity index (χ0) is 13.1. The highest BCUT2D eigenvalue weighted by molar-refractivity contribution is 5.68. The zero-order valence-electron chi connectivity index (χ0n) is 10.4. The first-order chi connectivity index (χ1) is 8.61. The van der Waals surface area contributed by atoms with Crippen molar-refractivity contribution in [2.24, 2.45) is 5.92 Å². The predicted octanol–water partition coefficient (Wildman–Crippen LogP) is 3.19. The lowest BCUT2D eigenvalue weighted by Crippen LogP contribution is -2.09. The van der Waals surface area contributed by atoms with Crippen LogP contribution in [0, 0.1) is 11.7 Å². The van der Waals surface area contributed by atoms with Gasteiger partial charge >= 0.3 is 5.97 Å². The Hall–Kier alpha value is -1.58. The van der Waals surface area contributed by atoms with E-state index in [1.54, 1.807) is 19.1 Å². The third-order valence-electron chi connectivity index (χ3n) is 3.27. The molecule has 1 aliphatic carbocycles. The van der Waals surface area contributed by atoms with E-state index in [0.29, 0.717) is 12.5 Å². The first-order valence-electron chi connectivity index (χ1n) is 6.25. The van der Waals surface area contributed by atoms with Gasteiger partial charge in [-0.25, -0.2) is 4.39 Å². The molecule has 0 amide bonds. The van der Waals surface area contributed by atoms with Gasteiger partial charge in [0.25, 0.3) is 0 Å². The second-order valence-corrected chi connectivity index (χ2v) is 4.66. The summed E-state index contributed by atoms with van der Waals surface area (Å²) in [6.45, 7) is 2.21. The molecule has 0 aromatic heterocycles. The average Bonchev–Trinajstić information content (AvgIpc) is 3.13. The fourth-order valence-electron chi connectivity index (χ4n) is 2.26. The van der Waals surface area contributed by atoms with Crippen molar-refractivity contribution in [1.29, 1.82) is 0 Å². The Morgan fingerprint density at radius 3 is 2.78 bits per heavy atom. The molecule has 1 aliphatic rings. The average molecular weight is 252 g/mol. The number of carboxylic acids is 1. The normalized spacial score (nSPS) is 16.3. The summed E-state index contributed by atoms with van der Waals surface area (Å²) in [4.78, 5) is 10.9. The molecule has 1 N–H and O–H groups in total. The fraction of sp³-hybridized carbons (Fsp3) is 0.500. The minimum Gasteiger partial charge on any atom is -0.491 e. The van der Waals surface area contributed by atoms with Crippen LogP contribution in [-0.2, 0) is 4.79 Å². The van der Waals surface area contributed by atoms with Gasteiger partial charge in [0.1, 0.15) is 0 Å². The maximum atomic E-state index is 13.7. The maximum absolute atomic E-state index is 13.7. The van der Waals surface area contributed by atoms with E-state index in [0.717, 1.165) is 18.4 Å². The first-order valence-corrected chi connectivity index (χ1v) is 6.25. The van der Waals surface area contributed by atoms with Gasteiger partial charge in [0.05, 0.1) is 13.0 Å². The van der Waals surface area contributed by atoms with Crippen LogP contribution in [0.5, 0.6) is 5.75 Å². The van der Waals surface area contributed by atoms with Crippen molar-refractivity contribution >= 4 is 5.97 Å². The van der Waals surface area contributed by atoms with Crippen LogP contribution >= 0.6 is 0 Å². The number of rotatable bonds is 6. The summed E-state index contributed by atoms with van der Waals surface area (Å²) < 4.78 is 18.9. The van der Waals surface area contributed by atoms with E-state index in [1.165, 1.54) is 6.07 Å². The molecule has 0 spiro atoms. The van der Waals surface area contributed by atoms with E-state index >= 15 is 0 Å². The van der Waals surface area contributed by atoms with E-state index in [9.17, 15) is 9.18 Å². The molecule has 1 saturated carbocycles. The van der Waals surface area contributed by atoms with Gasteiger partial charge in [-0.3, -0.25) is 4.79 Å². The molecule has 2 rings (SSSR count). The quantitative estimate of drug-likeness (QED) is 0.845. The standard InChI is InChI=1S/C14H17FO3/c1-2-18-13-6-5-10(7-12(13)15)11(8-14(16)17)9-3-4-9/h5-7,9,11H,2-4,8H2,1H3,(H,16,17). The van der Waals surface area contributed by atoms with Crippen LogP contribution in [0.15, 0.2) is 18.2 Å². The van der Waals surface area contributed by atoms with Crippen LogP contribution in [0.2, 0.25) is 0 Å². The zero-order valence-corrected chi connectivity index (χ0v) is 10.4. The molecule has 0 saturated heterocycles. The molecule has 0 aliphatic heterocycles. The molecule has 98 valence electrons. The molecule has 0 heterocycles. The molecule has 1 fully saturated rings. The van der Waals surface area contributed by atoms with Gasteiger partial charge in [-0.2, -0.15) is 0 Å². The number of benzene rings is 1. The van der Waals surface area contributed by atoms with Gasteiger partial charge < -0.3 is 9.84 Å². The number of hydrogen-bond donors (Lipinski definition) is 1. The number of ether oxygens (including phenoxy) is 1. The Labute approximate surface area is 106 Å². The van der Waals surface area contributed by atoms with E-state index in [-0.39, 0.29) is 18.1 Å². The highest BCUT2D eigenvalue weighted by atomic mass is 19.1. The van der Waals surface area contributed by atoms with Gasteiger partial charge in [-0.1, -0.05) is 6.07 Å². The van der Waals surface area contributed by atoms with Crippen LogP contribution in [0.4, 0.5) is 4.39 Å². The molecule has 18 heavy (non-hydrogen) atoms. The molecular weight excluding hydrogens is 235 g/mol. The lowest BCUT2D eigenvalue weighted by molar-refractivity contribution is -0.137. The highest BCUT2D eigenvalue weighted by Gasteiger charge is 2.34. The second kappa shape index (κ2) is 5.38. The lowest BCUT2D eigenvalue weighted by atomic mass is 9.91. The summed E-state index contributed by atoms with van der Waals surface area (Å²) in [5.74, 6) is -0.705. The van der Waals surface area contributed by atoms with Crippen LogP contribution in [-0.4, -0.2) is 17.7 Å². The summed E-state index contributed by atoms with van der Waals surface area (Å²) in [6.07, 6.45) is 2.14. The van der Waals surface area contributed by atoms with Crippen LogP contribution in [0.25, 0.3) is 0 Å². The number of aliphatic carboxylic acids is 1. The van der Waals surface area contributed by atoms with Gasteiger partial charge in [0.2, 0.25) is 0 Å². The summed E-state index contributed by atoms with van der Waals surface area (Å²) in [6, 6.07) is 4.78. The van der Waals surface area contributed by atoms with Crippen molar-refractivity contribution in [2.45, 2.75) is 32.1 Å². The Kier molecular flexibility index (Phi) is 3.84. The molecule has 4 heteroatoms. The smallest absolute Gasteiger partial charge is 0.303 e. The molecule has 1 aromatic carbocycles. The molecule has 0 bridgehead atoms. The third-order valence-corrected chi connectivity index (χ3v) is 3.27. The molecular formula is C14H17FO3. The van der Waals surface area contributed by atoms with E-state index in [4.69, 9.17) is 9.84 Å². The third kappa shape index (κ3) is 3.00. The summed E-state index contributed by atoms with van der Waals surface area (Å²) >= 11 is 0. The van der Waals surface area contributed by atoms with Crippen LogP contribution in [0.3, 0.4) is 0 Å². The van der Waals surface area contributed by atoms with Crippen molar-refractivity contribution in [3.8, 4) is 5.75 Å². The van der Waals surface area contributed by atoms with Crippen molar-refractivity contribution < 1.29 is 19.0 Å². The number of halogens is 1. The van der Waals surface area contributed by atoms with Crippen LogP contribution < -0.4 is 4.74 Å². The van der Waals surface area contributed by atoms with Crippen LogP contribution in [0.1, 0.15) is 37.7 Å². The van der Waals surface area contributed by atoms with Crippen molar-refractivity contribution in [2.75, 3.05) is 6.61 Å². The highest BCUT2D eigenvalue weighted by Crippen LogP contribution is 2.45. The largest absolute Gasteiger partial charge is 0.491 e. The molecule has 1 unspecified atom stereocenters. The minimum atomic E-state index is -0.832. The molecule has 0 radical (unpaired) electrons. The Morgan fingerprint density at radius 2 is 2.28 bits per heavy atom. The van der Waals surface area contributed by atoms with Gasteiger partial charge in [0, 0.05) is 0 Å². The molecule has 3 nitrogen and oxygen atoms in total. The van der Waals surface area contributed by atoms with Crippen molar-refractivity contribution in [3.63, 3.8) is 0 Å². The van der Waals surface area contributed by atoms with Gasteiger partial charge in [-0.05, 0) is 49.3 Å². The van der Waals surface area contributed by atoms with Crippen molar-refractivity contribution in [1.82, 2.24) is 0 Å². The van der Waals surface area contributed by atoms with E-state index in [1.807, 2.05) is 0 Å². The SMILES string of the molecule is CCOc1ccc(C(CC(=O)O)C2CC2)cc1F. The fourth-order valence-corrected chi connectivity index (χ4v) is 2.26. The Balaban J connectivity index is 2.19. The molecule has 1 aromatic rings. The van der Waals surface area contributed by atoms with Gasteiger partial charge in [0.15, 0.2) is 11.6 Å². The number of carboxylic acid groups (broad SMARTS) is 1. The number of carbonyl (C=O) groups is 1. The van der Waals surface area contributed by atoms with E-state index < -0.39 is 11.8 Å². The monoisotopic (exact) mass is 252 g/mol. The lowest BCUT2D eigenvalue weighted by Gasteiger charge is -2.15. The number of hydrogen-bond acceptors (Lipinski definition) is 2. The second-order valence-electron chi connectivity index (χ2n) is 4.66. The predicted molar refractivity (Wildman–Crippen MR) is 65.3 cm³/mol. The topological polar surface area (TPSA) is 46.5 Å². The van der Waals surface area contributed by atoms with Crippen molar-refractivity contribution in [3.05, 3.63) is 29.6 Å². The summed E-state index contributed by atoms with van der Waals surface area (Å²) in [5.41, 5.74) is 0.765.